The Balaban J connectivity index is 0.00000169. The average molecular weight is 240 g/mol. The molecule has 0 spiro atoms. The molecule has 1 unspecified atom stereocenters. The molecule has 3 heteroatoms. The Hall–Kier alpha value is 0.540. The summed E-state index contributed by atoms with van der Waals surface area (Å²) in [5.41, 5.74) is 0. The van der Waals surface area contributed by atoms with Crippen molar-refractivity contribution in [3.05, 3.63) is 0 Å². The van der Waals surface area contributed by atoms with Crippen LogP contribution in [0.3, 0.4) is 0 Å². The lowest BCUT2D eigenvalue weighted by atomic mass is 10.1. The van der Waals surface area contributed by atoms with Crippen LogP contribution < -0.4 is 0 Å². The Morgan fingerprint density at radius 3 is 1.86 bits per heavy atom. The van der Waals surface area contributed by atoms with Crippen molar-refractivity contribution >= 4 is 24.0 Å². The molecule has 1 aliphatic rings. The minimum Gasteiger partial charge on any atom is -0.299 e. The second kappa shape index (κ2) is 8.82. The van der Waals surface area contributed by atoms with E-state index in [1.54, 1.807) is 0 Å². The fourth-order valence-corrected chi connectivity index (χ4v) is 2.18. The monoisotopic (exact) mass is 239 g/mol. The maximum atomic E-state index is 5.88. The first-order valence-electron chi connectivity index (χ1n) is 5.64. The Morgan fingerprint density at radius 2 is 1.43 bits per heavy atom. The van der Waals surface area contributed by atoms with Gasteiger partial charge >= 0.3 is 0 Å². The van der Waals surface area contributed by atoms with E-state index in [0.717, 1.165) is 5.88 Å². The molecule has 1 heterocycles. The molecule has 14 heavy (non-hydrogen) atoms. The minimum absolute atomic E-state index is 0. The van der Waals surface area contributed by atoms with Crippen LogP contribution >= 0.6 is 24.0 Å². The van der Waals surface area contributed by atoms with Crippen LogP contribution in [0.5, 0.6) is 0 Å². The van der Waals surface area contributed by atoms with Gasteiger partial charge in [0.25, 0.3) is 0 Å². The molecule has 0 aromatic rings. The Labute approximate surface area is 99.6 Å². The van der Waals surface area contributed by atoms with Crippen molar-refractivity contribution in [2.24, 2.45) is 0 Å². The molecular formula is C11H23Cl2N. The van der Waals surface area contributed by atoms with Gasteiger partial charge in [-0.15, -0.1) is 24.0 Å². The summed E-state index contributed by atoms with van der Waals surface area (Å²) in [6.45, 7) is 4.76. The van der Waals surface area contributed by atoms with E-state index in [9.17, 15) is 0 Å². The van der Waals surface area contributed by atoms with Crippen molar-refractivity contribution in [1.82, 2.24) is 4.90 Å². The summed E-state index contributed by atoms with van der Waals surface area (Å²) < 4.78 is 0. The van der Waals surface area contributed by atoms with Gasteiger partial charge in [-0.3, -0.25) is 4.90 Å². The van der Waals surface area contributed by atoms with E-state index < -0.39 is 0 Å². The zero-order chi connectivity index (χ0) is 9.52. The van der Waals surface area contributed by atoms with Crippen LogP contribution in [0.25, 0.3) is 0 Å². The summed E-state index contributed by atoms with van der Waals surface area (Å²) in [4.78, 5) is 2.55. The second-order valence-electron chi connectivity index (χ2n) is 4.16. The smallest absolute Gasteiger partial charge is 0.0376 e. The Morgan fingerprint density at radius 1 is 1.00 bits per heavy atom. The summed E-state index contributed by atoms with van der Waals surface area (Å²) in [7, 11) is 0. The molecule has 1 atom stereocenters. The average Bonchev–Trinajstić information content (AvgIpc) is 2.29. The topological polar surface area (TPSA) is 3.24 Å². The third kappa shape index (κ3) is 5.43. The van der Waals surface area contributed by atoms with Crippen LogP contribution in [0.2, 0.25) is 0 Å². The van der Waals surface area contributed by atoms with Gasteiger partial charge in [0.2, 0.25) is 0 Å². The van der Waals surface area contributed by atoms with Crippen molar-refractivity contribution in [3.8, 4) is 0 Å². The number of halogens is 2. The molecule has 86 valence electrons. The fraction of sp³-hybridized carbons (Fsp3) is 1.00. The van der Waals surface area contributed by atoms with Gasteiger partial charge < -0.3 is 0 Å². The summed E-state index contributed by atoms with van der Waals surface area (Å²) in [6, 6.07) is 0.569. The van der Waals surface area contributed by atoms with E-state index in [-0.39, 0.29) is 12.4 Å². The van der Waals surface area contributed by atoms with Gasteiger partial charge in [-0.05, 0) is 32.9 Å². The number of rotatable bonds is 2. The summed E-state index contributed by atoms with van der Waals surface area (Å²) in [6.07, 6.45) is 8.41. The fourth-order valence-electron chi connectivity index (χ4n) is 1.99. The standard InChI is InChI=1S/C11H22ClN.ClH/c1-11(10-12)13-8-6-4-2-3-5-7-9-13;/h11H,2-10H2,1H3;1H. The molecule has 0 aliphatic carbocycles. The molecule has 0 amide bonds. The SMILES string of the molecule is CC(CCl)N1CCCCCCCC1.Cl. The maximum Gasteiger partial charge on any atom is 0.0376 e. The highest BCUT2D eigenvalue weighted by Crippen LogP contribution is 2.13. The maximum absolute atomic E-state index is 5.88. The van der Waals surface area contributed by atoms with E-state index in [4.69, 9.17) is 11.6 Å². The normalized spacial score (nSPS) is 22.7. The quantitative estimate of drug-likeness (QED) is 0.665. The van der Waals surface area contributed by atoms with Crippen molar-refractivity contribution < 1.29 is 0 Å². The van der Waals surface area contributed by atoms with Gasteiger partial charge in [-0.1, -0.05) is 25.7 Å². The van der Waals surface area contributed by atoms with Crippen LogP contribution in [0.4, 0.5) is 0 Å². The van der Waals surface area contributed by atoms with Gasteiger partial charge in [-0.2, -0.15) is 0 Å². The van der Waals surface area contributed by atoms with Crippen LogP contribution in [0.15, 0.2) is 0 Å². The molecule has 1 rings (SSSR count). The van der Waals surface area contributed by atoms with Gasteiger partial charge in [0, 0.05) is 11.9 Å². The van der Waals surface area contributed by atoms with Gasteiger partial charge in [0.05, 0.1) is 0 Å². The zero-order valence-electron chi connectivity index (χ0n) is 9.17. The van der Waals surface area contributed by atoms with E-state index in [1.165, 1.54) is 51.6 Å². The van der Waals surface area contributed by atoms with E-state index in [0.29, 0.717) is 6.04 Å². The molecular weight excluding hydrogens is 217 g/mol. The first-order chi connectivity index (χ1) is 6.34. The predicted molar refractivity (Wildman–Crippen MR) is 66.7 cm³/mol. The second-order valence-corrected chi connectivity index (χ2v) is 4.47. The molecule has 1 nitrogen and oxygen atoms in total. The number of nitrogens with zero attached hydrogens (tertiary/aromatic N) is 1. The Bertz CT molecular complexity index is 120. The first-order valence-corrected chi connectivity index (χ1v) is 6.18. The highest BCUT2D eigenvalue weighted by molar-refractivity contribution is 6.18. The molecule has 0 aromatic heterocycles. The lowest BCUT2D eigenvalue weighted by molar-refractivity contribution is 0.220. The van der Waals surface area contributed by atoms with Crippen LogP contribution in [-0.4, -0.2) is 29.9 Å². The number of hydrogen-bond acceptors (Lipinski definition) is 1. The van der Waals surface area contributed by atoms with E-state index >= 15 is 0 Å². The number of hydrogen-bond donors (Lipinski definition) is 0. The molecule has 1 fully saturated rings. The minimum atomic E-state index is 0. The predicted octanol–water partition coefficient (Wildman–Crippen LogP) is 3.69. The zero-order valence-corrected chi connectivity index (χ0v) is 10.7. The molecule has 0 N–H and O–H groups in total. The summed E-state index contributed by atoms with van der Waals surface area (Å²) in [5.74, 6) is 0.778. The molecule has 1 aliphatic heterocycles. The van der Waals surface area contributed by atoms with E-state index in [2.05, 4.69) is 11.8 Å². The van der Waals surface area contributed by atoms with E-state index in [1.807, 2.05) is 0 Å². The van der Waals surface area contributed by atoms with Crippen LogP contribution in [0, 0.1) is 0 Å². The van der Waals surface area contributed by atoms with Crippen LogP contribution in [-0.2, 0) is 0 Å². The number of alkyl halides is 1. The van der Waals surface area contributed by atoms with Crippen molar-refractivity contribution in [2.75, 3.05) is 19.0 Å². The summed E-state index contributed by atoms with van der Waals surface area (Å²) >= 11 is 5.88. The molecule has 0 saturated carbocycles. The third-order valence-electron chi connectivity index (χ3n) is 2.99. The lowest BCUT2D eigenvalue weighted by Crippen LogP contribution is -2.35. The first kappa shape index (κ1) is 14.5. The lowest BCUT2D eigenvalue weighted by Gasteiger charge is -2.27. The largest absolute Gasteiger partial charge is 0.299 e. The van der Waals surface area contributed by atoms with Gasteiger partial charge in [0.15, 0.2) is 0 Å². The van der Waals surface area contributed by atoms with Crippen molar-refractivity contribution in [3.63, 3.8) is 0 Å². The molecule has 0 bridgehead atoms. The highest BCUT2D eigenvalue weighted by atomic mass is 35.5. The highest BCUT2D eigenvalue weighted by Gasteiger charge is 2.12. The van der Waals surface area contributed by atoms with Crippen molar-refractivity contribution in [1.29, 1.82) is 0 Å². The molecule has 0 aromatic carbocycles. The molecule has 1 saturated heterocycles. The van der Waals surface area contributed by atoms with Gasteiger partial charge in [-0.25, -0.2) is 0 Å². The van der Waals surface area contributed by atoms with Gasteiger partial charge in [0.1, 0.15) is 0 Å². The molecule has 0 radical (unpaired) electrons. The third-order valence-corrected chi connectivity index (χ3v) is 3.43. The van der Waals surface area contributed by atoms with Crippen LogP contribution in [0.1, 0.15) is 45.4 Å². The van der Waals surface area contributed by atoms with Crippen molar-refractivity contribution in [2.45, 2.75) is 51.5 Å². The summed E-state index contributed by atoms with van der Waals surface area (Å²) in [5, 5.41) is 0. The Kier molecular flexibility index (Phi) is 9.16.